The molecule has 118 valence electrons. The van der Waals surface area contributed by atoms with Crippen LogP contribution in [-0.4, -0.2) is 31.4 Å². The highest BCUT2D eigenvalue weighted by Gasteiger charge is 2.13. The highest BCUT2D eigenvalue weighted by atomic mass is 32.2. The lowest BCUT2D eigenvalue weighted by molar-refractivity contribution is 0.416. The van der Waals surface area contributed by atoms with Crippen LogP contribution in [0.1, 0.15) is 0 Å². The molecule has 0 amide bonds. The Labute approximate surface area is 141 Å². The van der Waals surface area contributed by atoms with Gasteiger partial charge in [0, 0.05) is 28.8 Å². The van der Waals surface area contributed by atoms with Crippen LogP contribution in [0.5, 0.6) is 5.75 Å². The molecule has 0 fully saturated rings. The number of aromatic nitrogens is 1. The van der Waals surface area contributed by atoms with Crippen LogP contribution in [0, 0.1) is 0 Å². The maximum atomic E-state index is 5.54. The lowest BCUT2D eigenvalue weighted by Gasteiger charge is -2.13. The molecular weight excluding hydrogens is 304 g/mol. The summed E-state index contributed by atoms with van der Waals surface area (Å²) in [5.74, 6) is 1.85. The van der Waals surface area contributed by atoms with E-state index in [0.29, 0.717) is 0 Å². The Morgan fingerprint density at radius 2 is 1.83 bits per heavy atom. The van der Waals surface area contributed by atoms with E-state index in [9.17, 15) is 0 Å². The third-order valence-electron chi connectivity index (χ3n) is 3.68. The van der Waals surface area contributed by atoms with Crippen LogP contribution in [-0.2, 0) is 0 Å². The molecule has 0 aliphatic rings. The van der Waals surface area contributed by atoms with Crippen molar-refractivity contribution in [2.75, 3.05) is 26.5 Å². The van der Waals surface area contributed by atoms with Gasteiger partial charge in [-0.1, -0.05) is 36.4 Å². The Balaban J connectivity index is 2.13. The molecule has 4 heteroatoms. The minimum atomic E-state index is 0.875. The topological polar surface area (TPSA) is 34.2 Å². The summed E-state index contributed by atoms with van der Waals surface area (Å²) in [6, 6.07) is 18.6. The Hall–Kier alpha value is -2.04. The van der Waals surface area contributed by atoms with Crippen molar-refractivity contribution in [1.82, 2.24) is 10.3 Å². The van der Waals surface area contributed by atoms with Crippen LogP contribution in [0.2, 0.25) is 0 Å². The van der Waals surface area contributed by atoms with Crippen molar-refractivity contribution < 1.29 is 4.74 Å². The van der Waals surface area contributed by atoms with E-state index in [2.05, 4.69) is 29.6 Å². The molecule has 3 rings (SSSR count). The highest BCUT2D eigenvalue weighted by Crippen LogP contribution is 2.37. The molecule has 0 saturated heterocycles. The fraction of sp³-hybridized carbons (Fsp3) is 0.211. The van der Waals surface area contributed by atoms with Gasteiger partial charge in [0.05, 0.1) is 12.6 Å². The molecule has 0 bridgehead atoms. The van der Waals surface area contributed by atoms with Crippen LogP contribution in [0.4, 0.5) is 0 Å². The SMILES string of the molecule is CNCCSc1nc2ccccc2cc1-c1ccccc1OC. The largest absolute Gasteiger partial charge is 0.496 e. The summed E-state index contributed by atoms with van der Waals surface area (Å²) in [6.45, 7) is 0.949. The number of para-hydroxylation sites is 2. The van der Waals surface area contributed by atoms with E-state index in [1.54, 1.807) is 18.9 Å². The molecule has 0 spiro atoms. The highest BCUT2D eigenvalue weighted by molar-refractivity contribution is 7.99. The first kappa shape index (κ1) is 15.8. The zero-order valence-electron chi connectivity index (χ0n) is 13.4. The number of nitrogens with zero attached hydrogens (tertiary/aromatic N) is 1. The lowest BCUT2D eigenvalue weighted by atomic mass is 10.0. The standard InChI is InChI=1S/C19H20N2OS/c1-20-11-12-23-19-16(15-8-4-6-10-18(15)22-2)13-14-7-3-5-9-17(14)21-19/h3-10,13,20H,11-12H2,1-2H3. The summed E-state index contributed by atoms with van der Waals surface area (Å²) in [7, 11) is 3.68. The van der Waals surface area contributed by atoms with E-state index in [0.717, 1.165) is 45.1 Å². The van der Waals surface area contributed by atoms with Gasteiger partial charge in [-0.15, -0.1) is 11.8 Å². The summed E-state index contributed by atoms with van der Waals surface area (Å²) >= 11 is 1.77. The van der Waals surface area contributed by atoms with Crippen molar-refractivity contribution in [1.29, 1.82) is 0 Å². The Bertz CT molecular complexity index is 804. The van der Waals surface area contributed by atoms with Gasteiger partial charge < -0.3 is 10.1 Å². The zero-order chi connectivity index (χ0) is 16.1. The second-order valence-electron chi connectivity index (χ2n) is 5.19. The fourth-order valence-corrected chi connectivity index (χ4v) is 3.50. The molecule has 23 heavy (non-hydrogen) atoms. The van der Waals surface area contributed by atoms with Gasteiger partial charge in [0.15, 0.2) is 0 Å². The van der Waals surface area contributed by atoms with Gasteiger partial charge in [-0.25, -0.2) is 4.98 Å². The fourth-order valence-electron chi connectivity index (χ4n) is 2.52. The molecule has 0 atom stereocenters. The second-order valence-corrected chi connectivity index (χ2v) is 6.27. The molecule has 0 saturated carbocycles. The van der Waals surface area contributed by atoms with Gasteiger partial charge in [0.25, 0.3) is 0 Å². The molecule has 1 heterocycles. The summed E-state index contributed by atoms with van der Waals surface area (Å²) < 4.78 is 5.54. The van der Waals surface area contributed by atoms with Crippen molar-refractivity contribution in [3.05, 3.63) is 54.6 Å². The van der Waals surface area contributed by atoms with Gasteiger partial charge in [-0.3, -0.25) is 0 Å². The first-order chi connectivity index (χ1) is 11.3. The second kappa shape index (κ2) is 7.49. The van der Waals surface area contributed by atoms with E-state index >= 15 is 0 Å². The minimum absolute atomic E-state index is 0.875. The van der Waals surface area contributed by atoms with Crippen LogP contribution in [0.3, 0.4) is 0 Å². The first-order valence-electron chi connectivity index (χ1n) is 7.64. The molecular formula is C19H20N2OS. The number of thioether (sulfide) groups is 1. The number of pyridine rings is 1. The van der Waals surface area contributed by atoms with E-state index < -0.39 is 0 Å². The van der Waals surface area contributed by atoms with Gasteiger partial charge in [-0.05, 0) is 25.2 Å². The number of ether oxygens (including phenoxy) is 1. The molecule has 3 aromatic rings. The Morgan fingerprint density at radius 1 is 1.04 bits per heavy atom. The molecule has 3 nitrogen and oxygen atoms in total. The molecule has 0 aliphatic heterocycles. The summed E-state index contributed by atoms with van der Waals surface area (Å²) in [6.07, 6.45) is 0. The maximum absolute atomic E-state index is 5.54. The van der Waals surface area contributed by atoms with E-state index in [4.69, 9.17) is 9.72 Å². The van der Waals surface area contributed by atoms with Crippen LogP contribution >= 0.6 is 11.8 Å². The predicted octanol–water partition coefficient (Wildman–Crippen LogP) is 4.22. The van der Waals surface area contributed by atoms with Crippen molar-refractivity contribution in [2.45, 2.75) is 5.03 Å². The smallest absolute Gasteiger partial charge is 0.126 e. The number of methoxy groups -OCH3 is 1. The summed E-state index contributed by atoms with van der Waals surface area (Å²) in [5.41, 5.74) is 3.24. The molecule has 0 radical (unpaired) electrons. The van der Waals surface area contributed by atoms with Gasteiger partial charge in [0.2, 0.25) is 0 Å². The van der Waals surface area contributed by atoms with Gasteiger partial charge in [0.1, 0.15) is 10.8 Å². The summed E-state index contributed by atoms with van der Waals surface area (Å²) in [4.78, 5) is 4.88. The minimum Gasteiger partial charge on any atom is -0.496 e. The normalized spacial score (nSPS) is 10.9. The van der Waals surface area contributed by atoms with Crippen molar-refractivity contribution in [3.63, 3.8) is 0 Å². The van der Waals surface area contributed by atoms with Crippen LogP contribution in [0.25, 0.3) is 22.0 Å². The number of benzene rings is 2. The maximum Gasteiger partial charge on any atom is 0.126 e. The number of hydrogen-bond acceptors (Lipinski definition) is 4. The van der Waals surface area contributed by atoms with E-state index in [-0.39, 0.29) is 0 Å². The number of hydrogen-bond donors (Lipinski definition) is 1. The molecule has 0 aliphatic carbocycles. The zero-order valence-corrected chi connectivity index (χ0v) is 14.2. The molecule has 0 unspecified atom stereocenters. The van der Waals surface area contributed by atoms with Crippen LogP contribution in [0.15, 0.2) is 59.6 Å². The Morgan fingerprint density at radius 3 is 2.65 bits per heavy atom. The van der Waals surface area contributed by atoms with Gasteiger partial charge >= 0.3 is 0 Å². The first-order valence-corrected chi connectivity index (χ1v) is 8.62. The third kappa shape index (κ3) is 3.49. The van der Waals surface area contributed by atoms with E-state index in [1.807, 2.05) is 37.4 Å². The Kier molecular flexibility index (Phi) is 5.16. The lowest BCUT2D eigenvalue weighted by Crippen LogP contribution is -2.09. The van der Waals surface area contributed by atoms with Crippen molar-refractivity contribution in [3.8, 4) is 16.9 Å². The average molecular weight is 324 g/mol. The third-order valence-corrected chi connectivity index (χ3v) is 4.67. The molecule has 1 aromatic heterocycles. The van der Waals surface area contributed by atoms with Crippen molar-refractivity contribution in [2.24, 2.45) is 0 Å². The average Bonchev–Trinajstić information content (AvgIpc) is 2.61. The number of nitrogens with one attached hydrogen (secondary N) is 1. The molecule has 2 aromatic carbocycles. The van der Waals surface area contributed by atoms with E-state index in [1.165, 1.54) is 0 Å². The summed E-state index contributed by atoms with van der Waals surface area (Å²) in [5, 5.41) is 5.37. The van der Waals surface area contributed by atoms with Crippen LogP contribution < -0.4 is 10.1 Å². The number of fused-ring (bicyclic) bond motifs is 1. The monoisotopic (exact) mass is 324 g/mol. The van der Waals surface area contributed by atoms with Gasteiger partial charge in [-0.2, -0.15) is 0 Å². The quantitative estimate of drug-likeness (QED) is 0.544. The van der Waals surface area contributed by atoms with Crippen molar-refractivity contribution >= 4 is 22.7 Å². The molecule has 1 N–H and O–H groups in total. The number of rotatable bonds is 6. The predicted molar refractivity (Wildman–Crippen MR) is 98.4 cm³/mol.